The lowest BCUT2D eigenvalue weighted by molar-refractivity contribution is -0.138. The van der Waals surface area contributed by atoms with Crippen LogP contribution in [0.15, 0.2) is 79.1 Å². The van der Waals surface area contributed by atoms with Gasteiger partial charge in [-0.25, -0.2) is 0 Å². The van der Waals surface area contributed by atoms with Crippen LogP contribution in [-0.2, 0) is 27.2 Å². The standard InChI is InChI=1S/C27H28N4O4/c28-26(34)23(13-18-8-10-21(11-9-18)20-6-2-1-3-7-20)30-27(35)24-15-22(32)17-31(24)25(33)14-19-5-4-12-29-16-19/h1-12,16,22-24,32H,13-15,17H2,(H2,28,34)(H,30,35)/t22-,23-,24+/m1/s1. The van der Waals surface area contributed by atoms with E-state index in [0.29, 0.717) is 5.56 Å². The van der Waals surface area contributed by atoms with Crippen molar-refractivity contribution in [2.45, 2.75) is 37.5 Å². The van der Waals surface area contributed by atoms with Crippen LogP contribution in [0.1, 0.15) is 17.5 Å². The molecule has 4 rings (SSSR count). The molecular weight excluding hydrogens is 444 g/mol. The number of pyridine rings is 1. The maximum absolute atomic E-state index is 13.1. The Kier molecular flexibility index (Phi) is 7.52. The minimum absolute atomic E-state index is 0.0549. The summed E-state index contributed by atoms with van der Waals surface area (Å²) in [4.78, 5) is 43.4. The number of aliphatic hydroxyl groups is 1. The third-order valence-electron chi connectivity index (χ3n) is 6.14. The molecule has 0 saturated carbocycles. The van der Waals surface area contributed by atoms with Crippen LogP contribution in [0.25, 0.3) is 11.1 Å². The summed E-state index contributed by atoms with van der Waals surface area (Å²) >= 11 is 0. The minimum Gasteiger partial charge on any atom is -0.391 e. The third-order valence-corrected chi connectivity index (χ3v) is 6.14. The highest BCUT2D eigenvalue weighted by Crippen LogP contribution is 2.21. The summed E-state index contributed by atoms with van der Waals surface area (Å²) in [5.74, 6) is -1.47. The van der Waals surface area contributed by atoms with Gasteiger partial charge in [-0.15, -0.1) is 0 Å². The zero-order chi connectivity index (χ0) is 24.8. The highest BCUT2D eigenvalue weighted by molar-refractivity contribution is 5.92. The number of hydrogen-bond donors (Lipinski definition) is 3. The molecule has 3 amide bonds. The van der Waals surface area contributed by atoms with Crippen LogP contribution < -0.4 is 11.1 Å². The van der Waals surface area contributed by atoms with Crippen molar-refractivity contribution in [3.63, 3.8) is 0 Å². The van der Waals surface area contributed by atoms with Crippen molar-refractivity contribution in [1.82, 2.24) is 15.2 Å². The van der Waals surface area contributed by atoms with Gasteiger partial charge in [-0.2, -0.15) is 0 Å². The Hall–Kier alpha value is -4.04. The topological polar surface area (TPSA) is 126 Å². The van der Waals surface area contributed by atoms with Gasteiger partial charge in [0.15, 0.2) is 0 Å². The number of β-amino-alcohol motifs (C(OH)–C–C–N with tert-alkyl or cyclic N) is 1. The van der Waals surface area contributed by atoms with E-state index < -0.39 is 30.0 Å². The number of rotatable bonds is 8. The van der Waals surface area contributed by atoms with E-state index in [-0.39, 0.29) is 31.7 Å². The number of primary amides is 1. The smallest absolute Gasteiger partial charge is 0.243 e. The molecule has 35 heavy (non-hydrogen) atoms. The number of aliphatic hydroxyl groups excluding tert-OH is 1. The van der Waals surface area contributed by atoms with Crippen LogP contribution >= 0.6 is 0 Å². The molecule has 1 aliphatic rings. The molecule has 8 nitrogen and oxygen atoms in total. The number of carbonyl (C=O) groups excluding carboxylic acids is 3. The fraction of sp³-hybridized carbons (Fsp3) is 0.259. The molecule has 0 bridgehead atoms. The molecule has 180 valence electrons. The summed E-state index contributed by atoms with van der Waals surface area (Å²) in [6.45, 7) is 0.0549. The Morgan fingerprint density at radius 1 is 1.00 bits per heavy atom. The van der Waals surface area contributed by atoms with Crippen LogP contribution in [0, 0.1) is 0 Å². The molecule has 2 aromatic carbocycles. The zero-order valence-electron chi connectivity index (χ0n) is 19.2. The Balaban J connectivity index is 1.42. The van der Waals surface area contributed by atoms with Crippen LogP contribution in [0.3, 0.4) is 0 Å². The average molecular weight is 473 g/mol. The molecular formula is C27H28N4O4. The Labute approximate surface area is 203 Å². The number of hydrogen-bond acceptors (Lipinski definition) is 5. The van der Waals surface area contributed by atoms with Gasteiger partial charge in [0.25, 0.3) is 0 Å². The van der Waals surface area contributed by atoms with E-state index in [4.69, 9.17) is 5.73 Å². The number of nitrogens with zero attached hydrogens (tertiary/aromatic N) is 2. The van der Waals surface area contributed by atoms with E-state index in [1.807, 2.05) is 54.6 Å². The molecule has 8 heteroatoms. The highest BCUT2D eigenvalue weighted by Gasteiger charge is 2.39. The molecule has 0 unspecified atom stereocenters. The minimum atomic E-state index is -0.946. The molecule has 3 aromatic rings. The van der Waals surface area contributed by atoms with Crippen LogP contribution in [0.5, 0.6) is 0 Å². The van der Waals surface area contributed by atoms with Crippen molar-refractivity contribution in [1.29, 1.82) is 0 Å². The van der Waals surface area contributed by atoms with Crippen molar-refractivity contribution in [2.75, 3.05) is 6.54 Å². The average Bonchev–Trinajstić information content (AvgIpc) is 3.27. The first-order chi connectivity index (χ1) is 16.9. The van der Waals surface area contributed by atoms with E-state index in [1.54, 1.807) is 24.5 Å². The lowest BCUT2D eigenvalue weighted by Gasteiger charge is -2.25. The van der Waals surface area contributed by atoms with Gasteiger partial charge in [-0.05, 0) is 28.3 Å². The van der Waals surface area contributed by atoms with Crippen LogP contribution in [0.4, 0.5) is 0 Å². The number of nitrogens with two attached hydrogens (primary N) is 1. The fourth-order valence-corrected chi connectivity index (χ4v) is 4.31. The summed E-state index contributed by atoms with van der Waals surface area (Å²) in [6.07, 6.45) is 2.77. The van der Waals surface area contributed by atoms with E-state index >= 15 is 0 Å². The summed E-state index contributed by atoms with van der Waals surface area (Å²) in [5.41, 5.74) is 9.26. The summed E-state index contributed by atoms with van der Waals surface area (Å²) < 4.78 is 0. The monoisotopic (exact) mass is 472 g/mol. The summed E-state index contributed by atoms with van der Waals surface area (Å²) in [7, 11) is 0. The largest absolute Gasteiger partial charge is 0.391 e. The van der Waals surface area contributed by atoms with Gasteiger partial charge >= 0.3 is 0 Å². The molecule has 1 saturated heterocycles. The second-order valence-corrected chi connectivity index (χ2v) is 8.72. The maximum atomic E-state index is 13.1. The van der Waals surface area contributed by atoms with Crippen LogP contribution in [0.2, 0.25) is 0 Å². The number of aromatic nitrogens is 1. The van der Waals surface area contributed by atoms with Crippen molar-refractivity contribution >= 4 is 17.7 Å². The van der Waals surface area contributed by atoms with Gasteiger partial charge < -0.3 is 21.1 Å². The summed E-state index contributed by atoms with van der Waals surface area (Å²) in [6, 6.07) is 19.3. The van der Waals surface area contributed by atoms with Gasteiger partial charge in [0.05, 0.1) is 12.5 Å². The predicted octanol–water partition coefficient (Wildman–Crippen LogP) is 1.47. The molecule has 2 heterocycles. The normalized spacial score (nSPS) is 18.1. The number of nitrogens with one attached hydrogen (secondary N) is 1. The first-order valence-corrected chi connectivity index (χ1v) is 11.5. The van der Waals surface area contributed by atoms with Gasteiger partial charge in [0.1, 0.15) is 12.1 Å². The molecule has 1 fully saturated rings. The van der Waals surface area contributed by atoms with E-state index in [1.165, 1.54) is 4.90 Å². The molecule has 4 N–H and O–H groups in total. The van der Waals surface area contributed by atoms with Gasteiger partial charge in [0.2, 0.25) is 17.7 Å². The van der Waals surface area contributed by atoms with Crippen molar-refractivity contribution < 1.29 is 19.5 Å². The Bertz CT molecular complexity index is 1170. The third kappa shape index (κ3) is 6.10. The molecule has 1 aliphatic heterocycles. The van der Waals surface area contributed by atoms with E-state index in [0.717, 1.165) is 16.7 Å². The van der Waals surface area contributed by atoms with E-state index in [9.17, 15) is 19.5 Å². The highest BCUT2D eigenvalue weighted by atomic mass is 16.3. The first kappa shape index (κ1) is 24.1. The number of carbonyl (C=O) groups is 3. The molecule has 0 aliphatic carbocycles. The lowest BCUT2D eigenvalue weighted by Crippen LogP contribution is -2.53. The fourth-order valence-electron chi connectivity index (χ4n) is 4.31. The Morgan fingerprint density at radius 3 is 2.37 bits per heavy atom. The SMILES string of the molecule is NC(=O)[C@@H](Cc1ccc(-c2ccccc2)cc1)NC(=O)[C@@H]1C[C@@H](O)CN1C(=O)Cc1cccnc1. The van der Waals surface area contributed by atoms with E-state index in [2.05, 4.69) is 10.3 Å². The molecule has 0 radical (unpaired) electrons. The molecule has 1 aromatic heterocycles. The molecule has 3 atom stereocenters. The van der Waals surface area contributed by atoms with Crippen molar-refractivity contribution in [3.05, 3.63) is 90.3 Å². The number of amides is 3. The number of benzene rings is 2. The van der Waals surface area contributed by atoms with Gasteiger partial charge in [-0.1, -0.05) is 60.7 Å². The van der Waals surface area contributed by atoms with Crippen LogP contribution in [-0.4, -0.2) is 57.4 Å². The summed E-state index contributed by atoms with van der Waals surface area (Å²) in [5, 5.41) is 12.8. The van der Waals surface area contributed by atoms with Gasteiger partial charge in [0, 0.05) is 31.8 Å². The van der Waals surface area contributed by atoms with Crippen molar-refractivity contribution in [3.8, 4) is 11.1 Å². The predicted molar refractivity (Wildman–Crippen MR) is 131 cm³/mol. The first-order valence-electron chi connectivity index (χ1n) is 11.5. The lowest BCUT2D eigenvalue weighted by atomic mass is 10.00. The Morgan fingerprint density at radius 2 is 1.71 bits per heavy atom. The second-order valence-electron chi connectivity index (χ2n) is 8.72. The maximum Gasteiger partial charge on any atom is 0.243 e. The second kappa shape index (κ2) is 10.9. The number of likely N-dealkylation sites (tertiary alicyclic amines) is 1. The molecule has 0 spiro atoms. The van der Waals surface area contributed by atoms with Crippen molar-refractivity contribution in [2.24, 2.45) is 5.73 Å². The van der Waals surface area contributed by atoms with Gasteiger partial charge in [-0.3, -0.25) is 19.4 Å². The zero-order valence-corrected chi connectivity index (χ0v) is 19.2. The quantitative estimate of drug-likeness (QED) is 0.458.